The van der Waals surface area contributed by atoms with Crippen LogP contribution in [0.1, 0.15) is 58.3 Å². The fourth-order valence-electron chi connectivity index (χ4n) is 6.22. The van der Waals surface area contributed by atoms with Crippen LogP contribution in [0.2, 0.25) is 0 Å². The Bertz CT molecular complexity index is 1550. The molecule has 1 aliphatic heterocycles. The van der Waals surface area contributed by atoms with Crippen LogP contribution < -0.4 is 32.5 Å². The SMILES string of the molecule is CC(C)C(N)c1cc(C(N)=O)ccc1[N+]1(NCCc2cccc(N)c2Cc2ncncn2)CCNC(Cc2ccccc2)C1. The number of quaternary nitrogens is 1. The van der Waals surface area contributed by atoms with Gasteiger partial charge < -0.3 is 22.5 Å². The summed E-state index contributed by atoms with van der Waals surface area (Å²) in [6.07, 6.45) is 5.22. The van der Waals surface area contributed by atoms with E-state index in [4.69, 9.17) is 17.2 Å². The normalized spacial score (nSPS) is 19.1. The summed E-state index contributed by atoms with van der Waals surface area (Å²) in [6.45, 7) is 7.34. The molecular formula is C34H44N9O+. The van der Waals surface area contributed by atoms with E-state index in [9.17, 15) is 4.79 Å². The monoisotopic (exact) mass is 594 g/mol. The molecule has 10 heteroatoms. The molecule has 3 unspecified atom stereocenters. The fraction of sp³-hybridized carbons (Fsp3) is 0.353. The van der Waals surface area contributed by atoms with Crippen LogP contribution in [0, 0.1) is 5.92 Å². The number of nitrogens with one attached hydrogen (secondary N) is 2. The molecule has 0 spiro atoms. The zero-order chi connectivity index (χ0) is 31.1. The molecule has 0 radical (unpaired) electrons. The Kier molecular flexibility index (Phi) is 9.96. The van der Waals surface area contributed by atoms with Gasteiger partial charge in [0, 0.05) is 48.4 Å². The van der Waals surface area contributed by atoms with Gasteiger partial charge in [0.05, 0.1) is 6.04 Å². The number of nitrogens with two attached hydrogens (primary N) is 3. The number of nitrogen functional groups attached to an aromatic ring is 1. The van der Waals surface area contributed by atoms with Gasteiger partial charge in [-0.1, -0.05) is 56.3 Å². The molecule has 1 aromatic heterocycles. The van der Waals surface area contributed by atoms with E-state index in [0.717, 1.165) is 60.5 Å². The van der Waals surface area contributed by atoms with E-state index < -0.39 is 5.91 Å². The second-order valence-corrected chi connectivity index (χ2v) is 12.0. The van der Waals surface area contributed by atoms with Crippen molar-refractivity contribution in [3.63, 3.8) is 0 Å². The standard InChI is InChI=1S/C34H43N9O/c1-23(2)33(36)29-18-26(34(37)44)11-12-31(29)43(16-15-39-27(20-43)17-24-7-4-3-5-8-24)42-14-13-25-9-6-10-30(35)28(25)19-32-40-21-38-22-41-32/h3-12,18,21-23,27,33,39,42H,13-17,19-20,35-36H2,1-2H3,(H-,37,44)/p+1. The van der Waals surface area contributed by atoms with E-state index in [1.165, 1.54) is 18.2 Å². The molecule has 10 nitrogen and oxygen atoms in total. The highest BCUT2D eigenvalue weighted by molar-refractivity contribution is 5.93. The maximum atomic E-state index is 12.2. The molecule has 0 aliphatic carbocycles. The van der Waals surface area contributed by atoms with E-state index in [-0.39, 0.29) is 18.0 Å². The van der Waals surface area contributed by atoms with Gasteiger partial charge in [0.15, 0.2) is 5.69 Å². The van der Waals surface area contributed by atoms with Crippen LogP contribution in [0.5, 0.6) is 0 Å². The lowest BCUT2D eigenvalue weighted by Gasteiger charge is -2.45. The summed E-state index contributed by atoms with van der Waals surface area (Å²) in [5.41, 5.74) is 29.6. The number of rotatable bonds is 12. The van der Waals surface area contributed by atoms with Crippen molar-refractivity contribution in [3.8, 4) is 0 Å². The van der Waals surface area contributed by atoms with Crippen LogP contribution >= 0.6 is 0 Å². The van der Waals surface area contributed by atoms with E-state index in [0.29, 0.717) is 28.9 Å². The van der Waals surface area contributed by atoms with Crippen molar-refractivity contribution in [3.05, 3.63) is 113 Å². The van der Waals surface area contributed by atoms with Gasteiger partial charge >= 0.3 is 0 Å². The summed E-state index contributed by atoms with van der Waals surface area (Å²) in [5, 5.41) is 3.75. The van der Waals surface area contributed by atoms with Crippen LogP contribution in [0.15, 0.2) is 79.4 Å². The summed E-state index contributed by atoms with van der Waals surface area (Å²) in [6, 6.07) is 22.3. The lowest BCUT2D eigenvalue weighted by atomic mass is 9.92. The summed E-state index contributed by atoms with van der Waals surface area (Å²) in [7, 11) is 0. The molecule has 230 valence electrons. The fourth-order valence-corrected chi connectivity index (χ4v) is 6.22. The van der Waals surface area contributed by atoms with Crippen LogP contribution in [0.4, 0.5) is 11.4 Å². The van der Waals surface area contributed by atoms with Crippen molar-refractivity contribution in [1.29, 1.82) is 0 Å². The van der Waals surface area contributed by atoms with Gasteiger partial charge in [0.1, 0.15) is 31.6 Å². The average Bonchev–Trinajstić information content (AvgIpc) is 3.03. The number of primary amides is 1. The van der Waals surface area contributed by atoms with Crippen LogP contribution in [0.25, 0.3) is 0 Å². The number of amides is 1. The van der Waals surface area contributed by atoms with E-state index in [1.807, 2.05) is 36.4 Å². The third kappa shape index (κ3) is 7.28. The predicted octanol–water partition coefficient (Wildman–Crippen LogP) is 3.07. The Labute approximate surface area is 259 Å². The van der Waals surface area contributed by atoms with E-state index in [2.05, 4.69) is 69.9 Å². The van der Waals surface area contributed by atoms with Gasteiger partial charge in [-0.2, -0.15) is 5.43 Å². The maximum absolute atomic E-state index is 12.2. The summed E-state index contributed by atoms with van der Waals surface area (Å²) >= 11 is 0. The van der Waals surface area contributed by atoms with Gasteiger partial charge in [-0.25, -0.2) is 19.5 Å². The Morgan fingerprint density at radius 2 is 1.84 bits per heavy atom. The summed E-state index contributed by atoms with van der Waals surface area (Å²) in [4.78, 5) is 24.8. The summed E-state index contributed by atoms with van der Waals surface area (Å²) < 4.78 is 0.532. The Morgan fingerprint density at radius 3 is 2.57 bits per heavy atom. The lowest BCUT2D eigenvalue weighted by molar-refractivity contribution is 0.0999. The van der Waals surface area contributed by atoms with Crippen LogP contribution in [-0.4, -0.2) is 53.1 Å². The van der Waals surface area contributed by atoms with Crippen LogP contribution in [-0.2, 0) is 19.3 Å². The molecule has 8 N–H and O–H groups in total. The molecule has 0 bridgehead atoms. The first-order valence-corrected chi connectivity index (χ1v) is 15.3. The topological polar surface area (TPSA) is 158 Å². The second-order valence-electron chi connectivity index (χ2n) is 12.0. The van der Waals surface area contributed by atoms with Crippen molar-refractivity contribution >= 4 is 17.3 Å². The molecule has 1 amide bonds. The second kappa shape index (κ2) is 14.0. The number of anilines is 1. The Morgan fingerprint density at radius 1 is 1.07 bits per heavy atom. The molecular weight excluding hydrogens is 550 g/mol. The number of aromatic nitrogens is 3. The van der Waals surface area contributed by atoms with Crippen molar-refractivity contribution in [2.24, 2.45) is 17.4 Å². The predicted molar refractivity (Wildman–Crippen MR) is 175 cm³/mol. The first-order chi connectivity index (χ1) is 21.3. The minimum atomic E-state index is -0.456. The number of hydrogen-bond donors (Lipinski definition) is 5. The molecule has 2 heterocycles. The number of piperazine rings is 1. The minimum absolute atomic E-state index is 0.171. The molecule has 5 rings (SSSR count). The molecule has 1 aliphatic rings. The number of carbonyl (C=O) groups excluding carboxylic acids is 1. The number of benzene rings is 3. The van der Waals surface area contributed by atoms with E-state index >= 15 is 0 Å². The number of hydrogen-bond acceptors (Lipinski definition) is 8. The Balaban J connectivity index is 1.48. The van der Waals surface area contributed by atoms with Gasteiger partial charge in [-0.3, -0.25) is 4.79 Å². The Hall–Kier alpha value is -4.22. The largest absolute Gasteiger partial charge is 0.398 e. The average molecular weight is 595 g/mol. The lowest BCUT2D eigenvalue weighted by Crippen LogP contribution is -2.71. The van der Waals surface area contributed by atoms with Gasteiger partial charge in [0.2, 0.25) is 5.91 Å². The highest BCUT2D eigenvalue weighted by Crippen LogP contribution is 2.35. The van der Waals surface area contributed by atoms with Crippen molar-refractivity contribution in [1.82, 2.24) is 30.3 Å². The van der Waals surface area contributed by atoms with Crippen molar-refractivity contribution < 1.29 is 4.79 Å². The molecule has 1 fully saturated rings. The van der Waals surface area contributed by atoms with Gasteiger partial charge in [-0.05, 0) is 53.6 Å². The highest BCUT2D eigenvalue weighted by Gasteiger charge is 2.40. The highest BCUT2D eigenvalue weighted by atomic mass is 16.1. The van der Waals surface area contributed by atoms with Crippen LogP contribution in [0.3, 0.4) is 0 Å². The summed E-state index contributed by atoms with van der Waals surface area (Å²) in [5.74, 6) is 0.399. The van der Waals surface area contributed by atoms with Gasteiger partial charge in [-0.15, -0.1) is 0 Å². The molecule has 3 aromatic carbocycles. The zero-order valence-corrected chi connectivity index (χ0v) is 25.6. The zero-order valence-electron chi connectivity index (χ0n) is 25.6. The smallest absolute Gasteiger partial charge is 0.248 e. The molecule has 0 saturated carbocycles. The van der Waals surface area contributed by atoms with E-state index in [1.54, 1.807) is 0 Å². The van der Waals surface area contributed by atoms with Crippen molar-refractivity contribution in [2.45, 2.75) is 45.2 Å². The van der Waals surface area contributed by atoms with Crippen molar-refractivity contribution in [2.75, 3.05) is 31.9 Å². The first kappa shape index (κ1) is 31.2. The number of nitrogens with zero attached hydrogens (tertiary/aromatic N) is 4. The molecule has 3 atom stereocenters. The minimum Gasteiger partial charge on any atom is -0.398 e. The molecule has 1 saturated heterocycles. The third-order valence-corrected chi connectivity index (χ3v) is 8.63. The quantitative estimate of drug-likeness (QED) is 0.124. The molecule has 44 heavy (non-hydrogen) atoms. The first-order valence-electron chi connectivity index (χ1n) is 15.3. The molecule has 4 aromatic rings. The van der Waals surface area contributed by atoms with Gasteiger partial charge in [0.25, 0.3) is 0 Å². The maximum Gasteiger partial charge on any atom is 0.248 e. The number of carbonyl (C=O) groups is 1. The third-order valence-electron chi connectivity index (χ3n) is 8.63.